The number of ether oxygens (including phenoxy) is 1. The molecule has 0 aliphatic rings. The molecule has 0 aliphatic heterocycles. The fourth-order valence-corrected chi connectivity index (χ4v) is 3.54. The molecule has 0 bridgehead atoms. The highest BCUT2D eigenvalue weighted by molar-refractivity contribution is 5.83. The number of aliphatic carboxylic acids is 2. The quantitative estimate of drug-likeness (QED) is 0.276. The Hall–Kier alpha value is -4.93. The van der Waals surface area contributed by atoms with Gasteiger partial charge in [-0.1, -0.05) is 18.2 Å². The van der Waals surface area contributed by atoms with Gasteiger partial charge in [-0.05, 0) is 42.5 Å². The summed E-state index contributed by atoms with van der Waals surface area (Å²) in [5, 5.41) is 18.7. The normalized spacial score (nSPS) is 12.1. The average molecular weight is 477 g/mol. The van der Waals surface area contributed by atoms with Crippen LogP contribution >= 0.6 is 0 Å². The van der Waals surface area contributed by atoms with E-state index in [1.165, 1.54) is 30.9 Å². The highest BCUT2D eigenvalue weighted by Gasteiger charge is 2.28. The lowest BCUT2D eigenvalue weighted by molar-refractivity contribution is -0.147. The Morgan fingerprint density at radius 2 is 1.83 bits per heavy atom. The van der Waals surface area contributed by atoms with Gasteiger partial charge in [-0.2, -0.15) is 0 Å². The number of hydrogen-bond acceptors (Lipinski definition) is 7. The maximum atomic E-state index is 13.3. The van der Waals surface area contributed by atoms with Gasteiger partial charge in [0, 0.05) is 0 Å². The maximum Gasteiger partial charge on any atom is 0.332 e. The highest BCUT2D eigenvalue weighted by atomic mass is 16.5. The van der Waals surface area contributed by atoms with Crippen molar-refractivity contribution in [3.05, 3.63) is 93.5 Å². The van der Waals surface area contributed by atoms with Crippen molar-refractivity contribution >= 4 is 34.9 Å². The number of benzene rings is 2. The fourth-order valence-electron chi connectivity index (χ4n) is 3.54. The third-order valence-electron chi connectivity index (χ3n) is 5.15. The van der Waals surface area contributed by atoms with Crippen LogP contribution < -0.4 is 16.0 Å². The number of fused-ring (bicyclic) bond motifs is 1. The van der Waals surface area contributed by atoms with E-state index in [-0.39, 0.29) is 17.4 Å². The average Bonchev–Trinajstić information content (AvgIpc) is 3.35. The van der Waals surface area contributed by atoms with Crippen LogP contribution in [0.25, 0.3) is 10.9 Å². The molecule has 0 unspecified atom stereocenters. The van der Waals surface area contributed by atoms with Crippen molar-refractivity contribution in [1.29, 1.82) is 0 Å². The molecule has 0 saturated carbocycles. The van der Waals surface area contributed by atoms with Crippen molar-refractivity contribution in [2.24, 2.45) is 4.99 Å². The van der Waals surface area contributed by atoms with Gasteiger partial charge in [0.1, 0.15) is 17.6 Å². The van der Waals surface area contributed by atoms with Crippen LogP contribution in [0.5, 0.6) is 5.75 Å². The third-order valence-corrected chi connectivity index (χ3v) is 5.15. The largest absolute Gasteiger partial charge is 0.481 e. The molecule has 1 atom stereocenters. The molecular weight excluding hydrogens is 458 g/mol. The molecule has 0 amide bonds. The summed E-state index contributed by atoms with van der Waals surface area (Å²) in [4.78, 5) is 53.7. The van der Waals surface area contributed by atoms with E-state index in [0.717, 1.165) is 4.57 Å². The molecule has 2 aromatic carbocycles. The molecule has 0 spiro atoms. The Balaban J connectivity index is 1.85. The number of furan rings is 1. The monoisotopic (exact) mass is 477 g/mol. The SMILES string of the molecule is O=C(O)C[C@@H](C(=O)O)n1c(=O)c2ccc(N=COc3ccccc3)cc2n(Cc2ccco2)c1=O. The topological polar surface area (TPSA) is 153 Å². The fraction of sp³-hybridized carbons (Fsp3) is 0.125. The third kappa shape index (κ3) is 5.03. The molecule has 35 heavy (non-hydrogen) atoms. The van der Waals surface area contributed by atoms with E-state index in [0.29, 0.717) is 21.8 Å². The second-order valence-corrected chi connectivity index (χ2v) is 7.44. The van der Waals surface area contributed by atoms with Gasteiger partial charge in [-0.3, -0.25) is 14.2 Å². The number of carboxylic acids is 2. The van der Waals surface area contributed by atoms with E-state index < -0.39 is 35.7 Å². The van der Waals surface area contributed by atoms with Crippen LogP contribution in [0.1, 0.15) is 18.2 Å². The summed E-state index contributed by atoms with van der Waals surface area (Å²) in [5.41, 5.74) is -1.39. The lowest BCUT2D eigenvalue weighted by atomic mass is 10.1. The number of nitrogens with zero attached hydrogens (tertiary/aromatic N) is 3. The van der Waals surface area contributed by atoms with E-state index >= 15 is 0 Å². The van der Waals surface area contributed by atoms with Crippen molar-refractivity contribution in [3.8, 4) is 5.75 Å². The van der Waals surface area contributed by atoms with Gasteiger partial charge >= 0.3 is 17.6 Å². The van der Waals surface area contributed by atoms with Crippen LogP contribution in [0.15, 0.2) is 85.9 Å². The summed E-state index contributed by atoms with van der Waals surface area (Å²) < 4.78 is 12.3. The highest BCUT2D eigenvalue weighted by Crippen LogP contribution is 2.20. The van der Waals surface area contributed by atoms with Crippen molar-refractivity contribution in [2.45, 2.75) is 19.0 Å². The van der Waals surface area contributed by atoms with Gasteiger partial charge < -0.3 is 19.4 Å². The molecule has 4 rings (SSSR count). The number of aromatic nitrogens is 2. The second-order valence-electron chi connectivity index (χ2n) is 7.44. The smallest absolute Gasteiger partial charge is 0.332 e. The molecule has 11 nitrogen and oxygen atoms in total. The van der Waals surface area contributed by atoms with Crippen molar-refractivity contribution < 1.29 is 29.0 Å². The van der Waals surface area contributed by atoms with E-state index in [9.17, 15) is 24.3 Å². The summed E-state index contributed by atoms with van der Waals surface area (Å²) in [7, 11) is 0. The minimum atomic E-state index is -1.89. The van der Waals surface area contributed by atoms with Crippen LogP contribution in [0, 0.1) is 0 Å². The van der Waals surface area contributed by atoms with Crippen molar-refractivity contribution in [1.82, 2.24) is 9.13 Å². The summed E-state index contributed by atoms with van der Waals surface area (Å²) >= 11 is 0. The van der Waals surface area contributed by atoms with Gasteiger partial charge in [0.15, 0.2) is 6.40 Å². The van der Waals surface area contributed by atoms with Crippen LogP contribution in [0.3, 0.4) is 0 Å². The van der Waals surface area contributed by atoms with Crippen LogP contribution in [0.2, 0.25) is 0 Å². The Morgan fingerprint density at radius 1 is 1.06 bits per heavy atom. The first-order valence-electron chi connectivity index (χ1n) is 10.4. The number of hydrogen-bond donors (Lipinski definition) is 2. The zero-order valence-corrected chi connectivity index (χ0v) is 18.1. The zero-order chi connectivity index (χ0) is 24.9. The lowest BCUT2D eigenvalue weighted by Gasteiger charge is -2.17. The van der Waals surface area contributed by atoms with Crippen molar-refractivity contribution in [2.75, 3.05) is 0 Å². The molecule has 178 valence electrons. The molecule has 2 heterocycles. The molecule has 0 aliphatic carbocycles. The molecule has 2 N–H and O–H groups in total. The molecular formula is C24H19N3O8. The molecule has 4 aromatic rings. The number of carbonyl (C=O) groups is 2. The zero-order valence-electron chi connectivity index (χ0n) is 18.1. The predicted octanol–water partition coefficient (Wildman–Crippen LogP) is 2.64. The van der Waals surface area contributed by atoms with Gasteiger partial charge in [-0.25, -0.2) is 19.1 Å². The molecule has 0 radical (unpaired) electrons. The molecule has 0 saturated heterocycles. The number of aliphatic imine (C=N–C) groups is 1. The number of rotatable bonds is 9. The van der Waals surface area contributed by atoms with E-state index in [2.05, 4.69) is 4.99 Å². The van der Waals surface area contributed by atoms with Crippen molar-refractivity contribution in [3.63, 3.8) is 0 Å². The van der Waals surface area contributed by atoms with Gasteiger partial charge in [0.2, 0.25) is 0 Å². The predicted molar refractivity (Wildman–Crippen MR) is 124 cm³/mol. The number of carboxylic acid groups (broad SMARTS) is 2. The van der Waals surface area contributed by atoms with Gasteiger partial charge in [0.05, 0.1) is 35.8 Å². The Bertz CT molecular complexity index is 1520. The lowest BCUT2D eigenvalue weighted by Crippen LogP contribution is -2.45. The minimum Gasteiger partial charge on any atom is -0.481 e. The first kappa shape index (κ1) is 23.2. The van der Waals surface area contributed by atoms with Crippen LogP contribution in [-0.4, -0.2) is 37.7 Å². The Morgan fingerprint density at radius 3 is 2.49 bits per heavy atom. The summed E-state index contributed by atoms with van der Waals surface area (Å²) in [5.74, 6) is -2.16. The maximum absolute atomic E-state index is 13.3. The number of para-hydroxylation sites is 1. The van der Waals surface area contributed by atoms with E-state index in [1.807, 2.05) is 6.07 Å². The van der Waals surface area contributed by atoms with Crippen LogP contribution in [0.4, 0.5) is 5.69 Å². The molecule has 11 heteroatoms. The van der Waals surface area contributed by atoms with Gasteiger partial charge in [0.25, 0.3) is 5.56 Å². The second kappa shape index (κ2) is 9.91. The van der Waals surface area contributed by atoms with Gasteiger partial charge in [-0.15, -0.1) is 0 Å². The summed E-state index contributed by atoms with van der Waals surface area (Å²) in [6.45, 7) is -0.129. The molecule has 0 fully saturated rings. The summed E-state index contributed by atoms with van der Waals surface area (Å²) in [6.07, 6.45) is 1.66. The molecule has 2 aromatic heterocycles. The first-order valence-corrected chi connectivity index (χ1v) is 10.4. The Kier molecular flexibility index (Phi) is 6.58. The van der Waals surface area contributed by atoms with E-state index in [4.69, 9.17) is 14.3 Å². The first-order chi connectivity index (χ1) is 16.8. The summed E-state index contributed by atoms with van der Waals surface area (Å²) in [6, 6.07) is 14.6. The van der Waals surface area contributed by atoms with Crippen LogP contribution in [-0.2, 0) is 16.1 Å². The Labute approximate surface area is 196 Å². The minimum absolute atomic E-state index is 0.00993. The standard InChI is InChI=1S/C24H19N3O8/c28-21(29)12-20(23(31)32)27-22(30)18-9-8-15(25-14-35-16-5-2-1-3-6-16)11-19(18)26(24(27)33)13-17-7-4-10-34-17/h1-11,14,20H,12-13H2,(H,28,29)(H,31,32)/t20-/m0/s1. The van der Waals surface area contributed by atoms with E-state index in [1.54, 1.807) is 36.4 Å².